The highest BCUT2D eigenvalue weighted by Gasteiger charge is 2.25. The molecule has 23 heavy (non-hydrogen) atoms. The first-order chi connectivity index (χ1) is 11.0. The van der Waals surface area contributed by atoms with Crippen LogP contribution in [0.25, 0.3) is 0 Å². The molecule has 1 aliphatic heterocycles. The molecule has 0 amide bonds. The van der Waals surface area contributed by atoms with E-state index in [0.717, 1.165) is 14.6 Å². The number of halogens is 2. The molecule has 0 aliphatic carbocycles. The standard InChI is InChI=1S/C14H11Br2N5O2/c1-9-17-19(11-3-5-12(6-4-11)21(22)23)20(18-9)14-7-2-10(15)8-13(14)16/h2-8H,1H3,(H,17,18). The zero-order valence-corrected chi connectivity index (χ0v) is 15.1. The van der Waals surface area contributed by atoms with Crippen molar-refractivity contribution in [2.75, 3.05) is 10.2 Å². The molecule has 2 aromatic rings. The van der Waals surface area contributed by atoms with Crippen LogP contribution in [0.3, 0.4) is 0 Å². The third-order valence-corrected chi connectivity index (χ3v) is 4.26. The van der Waals surface area contributed by atoms with E-state index >= 15 is 0 Å². The normalized spacial score (nSPS) is 13.8. The third kappa shape index (κ3) is 3.15. The maximum Gasteiger partial charge on any atom is 0.269 e. The van der Waals surface area contributed by atoms with Gasteiger partial charge in [-0.2, -0.15) is 10.2 Å². The monoisotopic (exact) mass is 439 g/mol. The van der Waals surface area contributed by atoms with E-state index in [-0.39, 0.29) is 5.69 Å². The Hall–Kier alpha value is -2.13. The number of nitrogens with one attached hydrogen (secondary N) is 1. The lowest BCUT2D eigenvalue weighted by Gasteiger charge is -2.28. The molecule has 1 aliphatic rings. The average Bonchev–Trinajstić information content (AvgIpc) is 2.89. The molecule has 0 spiro atoms. The number of non-ortho nitro benzene ring substituents is 1. The summed E-state index contributed by atoms with van der Waals surface area (Å²) in [5.41, 5.74) is 4.74. The average molecular weight is 441 g/mol. The second kappa shape index (κ2) is 6.17. The van der Waals surface area contributed by atoms with Gasteiger partial charge in [0.25, 0.3) is 5.69 Å². The first-order valence-corrected chi connectivity index (χ1v) is 8.16. The zero-order chi connectivity index (χ0) is 16.6. The minimum Gasteiger partial charge on any atom is -0.263 e. The van der Waals surface area contributed by atoms with Crippen LogP contribution in [-0.4, -0.2) is 10.8 Å². The summed E-state index contributed by atoms with van der Waals surface area (Å²) in [6.45, 7) is 1.84. The number of hydrazine groups is 2. The van der Waals surface area contributed by atoms with Crippen LogP contribution in [-0.2, 0) is 0 Å². The number of nitro benzene ring substituents is 1. The van der Waals surface area contributed by atoms with Gasteiger partial charge in [-0.1, -0.05) is 15.9 Å². The predicted octanol–water partition coefficient (Wildman–Crippen LogP) is 4.20. The SMILES string of the molecule is CC1=NN(c2ccc([N+](=O)[O-])cc2)N(c2ccc(Br)cc2Br)N1. The summed E-state index contributed by atoms with van der Waals surface area (Å²) < 4.78 is 1.82. The van der Waals surface area contributed by atoms with Gasteiger partial charge in [0.05, 0.1) is 16.3 Å². The van der Waals surface area contributed by atoms with Gasteiger partial charge in [0.15, 0.2) is 0 Å². The lowest BCUT2D eigenvalue weighted by Crippen LogP contribution is -2.44. The summed E-state index contributed by atoms with van der Waals surface area (Å²) >= 11 is 6.95. The Morgan fingerprint density at radius 3 is 2.48 bits per heavy atom. The van der Waals surface area contributed by atoms with Crippen LogP contribution < -0.4 is 15.7 Å². The van der Waals surface area contributed by atoms with Crippen molar-refractivity contribution in [3.8, 4) is 0 Å². The fourth-order valence-electron chi connectivity index (χ4n) is 2.11. The van der Waals surface area contributed by atoms with Crippen LogP contribution in [0.15, 0.2) is 56.5 Å². The van der Waals surface area contributed by atoms with E-state index in [4.69, 9.17) is 0 Å². The molecule has 118 valence electrons. The Labute approximate surface area is 148 Å². The number of rotatable bonds is 3. The van der Waals surface area contributed by atoms with Gasteiger partial charge < -0.3 is 0 Å². The summed E-state index contributed by atoms with van der Waals surface area (Å²) in [6, 6.07) is 12.0. The lowest BCUT2D eigenvalue weighted by atomic mass is 10.3. The van der Waals surface area contributed by atoms with E-state index < -0.39 is 4.92 Å². The van der Waals surface area contributed by atoms with E-state index in [0.29, 0.717) is 11.5 Å². The third-order valence-electron chi connectivity index (χ3n) is 3.13. The number of hydrazone groups is 1. The molecule has 0 bridgehead atoms. The van der Waals surface area contributed by atoms with Gasteiger partial charge in [0, 0.05) is 21.1 Å². The van der Waals surface area contributed by atoms with Gasteiger partial charge in [-0.25, -0.2) is 0 Å². The van der Waals surface area contributed by atoms with Crippen LogP contribution in [0, 0.1) is 10.1 Å². The summed E-state index contributed by atoms with van der Waals surface area (Å²) in [5.74, 6) is 0.707. The quantitative estimate of drug-likeness (QED) is 0.571. The van der Waals surface area contributed by atoms with Crippen LogP contribution in [0.1, 0.15) is 6.92 Å². The highest BCUT2D eigenvalue weighted by Crippen LogP contribution is 2.33. The zero-order valence-electron chi connectivity index (χ0n) is 11.9. The lowest BCUT2D eigenvalue weighted by molar-refractivity contribution is -0.384. The van der Waals surface area contributed by atoms with Crippen molar-refractivity contribution >= 4 is 54.8 Å². The largest absolute Gasteiger partial charge is 0.269 e. The predicted molar refractivity (Wildman–Crippen MR) is 96.1 cm³/mol. The first-order valence-electron chi connectivity index (χ1n) is 6.57. The molecular weight excluding hydrogens is 430 g/mol. The number of nitrogens with zero attached hydrogens (tertiary/aromatic N) is 4. The van der Waals surface area contributed by atoms with E-state index in [1.807, 2.05) is 25.1 Å². The van der Waals surface area contributed by atoms with Gasteiger partial charge in [-0.05, 0) is 53.2 Å². The number of hydrogen-bond acceptors (Lipinski definition) is 6. The molecule has 1 N–H and O–H groups in total. The maximum absolute atomic E-state index is 10.8. The number of benzene rings is 2. The molecule has 0 unspecified atom stereocenters. The van der Waals surface area contributed by atoms with Crippen molar-refractivity contribution in [1.29, 1.82) is 0 Å². The van der Waals surface area contributed by atoms with Gasteiger partial charge in [0.1, 0.15) is 5.84 Å². The van der Waals surface area contributed by atoms with Gasteiger partial charge in [0.2, 0.25) is 0 Å². The fraction of sp³-hybridized carbons (Fsp3) is 0.0714. The highest BCUT2D eigenvalue weighted by atomic mass is 79.9. The molecule has 3 rings (SSSR count). The second-order valence-corrected chi connectivity index (χ2v) is 6.54. The van der Waals surface area contributed by atoms with E-state index in [1.54, 1.807) is 22.4 Å². The Morgan fingerprint density at radius 2 is 1.87 bits per heavy atom. The summed E-state index contributed by atoms with van der Waals surface area (Å²) in [5, 5.41) is 18.6. The van der Waals surface area contributed by atoms with Gasteiger partial charge in [-0.15, -0.1) is 5.10 Å². The molecule has 0 aromatic heterocycles. The minimum absolute atomic E-state index is 0.0398. The molecule has 2 aromatic carbocycles. The Kier molecular flexibility index (Phi) is 4.22. The van der Waals surface area contributed by atoms with Crippen molar-refractivity contribution in [2.24, 2.45) is 5.10 Å². The van der Waals surface area contributed by atoms with Crippen LogP contribution in [0.5, 0.6) is 0 Å². The summed E-state index contributed by atoms with van der Waals surface area (Å²) in [4.78, 5) is 10.4. The van der Waals surface area contributed by atoms with Crippen molar-refractivity contribution in [3.63, 3.8) is 0 Å². The van der Waals surface area contributed by atoms with Crippen molar-refractivity contribution in [2.45, 2.75) is 6.92 Å². The molecule has 0 saturated carbocycles. The van der Waals surface area contributed by atoms with Crippen molar-refractivity contribution < 1.29 is 4.92 Å². The fourth-order valence-corrected chi connectivity index (χ4v) is 3.32. The van der Waals surface area contributed by atoms with Crippen LogP contribution >= 0.6 is 31.9 Å². The molecule has 1 heterocycles. The van der Waals surface area contributed by atoms with Gasteiger partial charge >= 0.3 is 0 Å². The Bertz CT molecular complexity index is 794. The number of anilines is 2. The van der Waals surface area contributed by atoms with Gasteiger partial charge in [-0.3, -0.25) is 15.5 Å². The smallest absolute Gasteiger partial charge is 0.263 e. The van der Waals surface area contributed by atoms with Crippen molar-refractivity contribution in [3.05, 3.63) is 61.5 Å². The van der Waals surface area contributed by atoms with E-state index in [1.165, 1.54) is 12.1 Å². The molecule has 0 saturated heterocycles. The first kappa shape index (κ1) is 15.8. The van der Waals surface area contributed by atoms with Crippen molar-refractivity contribution in [1.82, 2.24) is 5.43 Å². The Balaban J connectivity index is 1.97. The number of amidine groups is 1. The van der Waals surface area contributed by atoms with Crippen LogP contribution in [0.4, 0.5) is 17.1 Å². The van der Waals surface area contributed by atoms with E-state index in [9.17, 15) is 10.1 Å². The van der Waals surface area contributed by atoms with Crippen LogP contribution in [0.2, 0.25) is 0 Å². The molecule has 0 radical (unpaired) electrons. The summed E-state index contributed by atoms with van der Waals surface area (Å²) in [7, 11) is 0. The molecular formula is C14H11Br2N5O2. The molecule has 7 nitrogen and oxygen atoms in total. The molecule has 0 fully saturated rings. The number of nitro groups is 1. The Morgan fingerprint density at radius 1 is 1.17 bits per heavy atom. The highest BCUT2D eigenvalue weighted by molar-refractivity contribution is 9.11. The second-order valence-electron chi connectivity index (χ2n) is 4.77. The minimum atomic E-state index is -0.427. The molecule has 0 atom stereocenters. The molecule has 9 heteroatoms. The topological polar surface area (TPSA) is 74.0 Å². The maximum atomic E-state index is 10.8. The number of hydrogen-bond donors (Lipinski definition) is 1. The summed E-state index contributed by atoms with van der Waals surface area (Å²) in [6.07, 6.45) is 0. The van der Waals surface area contributed by atoms with E-state index in [2.05, 4.69) is 42.4 Å².